The Labute approximate surface area is 382 Å². The van der Waals surface area contributed by atoms with Crippen molar-refractivity contribution < 1.29 is 0 Å². The van der Waals surface area contributed by atoms with Gasteiger partial charge in [0.1, 0.15) is 0 Å². The van der Waals surface area contributed by atoms with Gasteiger partial charge in [0, 0.05) is 0 Å². The van der Waals surface area contributed by atoms with Gasteiger partial charge in [0.25, 0.3) is 0 Å². The number of hydrogen-bond donors (Lipinski definition) is 0. The zero-order valence-electron chi connectivity index (χ0n) is 37.6. The first-order valence-corrected chi connectivity index (χ1v) is 22.0. The molecule has 0 aromatic heterocycles. The summed E-state index contributed by atoms with van der Waals surface area (Å²) < 4.78 is 0. The molecule has 0 aliphatic carbocycles. The van der Waals surface area contributed by atoms with Crippen LogP contribution in [0.25, 0.3) is 55.6 Å². The first-order chi connectivity index (χ1) is 31.4. The Bertz CT molecular complexity index is 2720. The molecular formula is C64H58. The zero-order valence-corrected chi connectivity index (χ0v) is 37.6. The summed E-state index contributed by atoms with van der Waals surface area (Å²) in [5.41, 5.74) is 18.1. The number of hydrogen-bond acceptors (Lipinski definition) is 0. The van der Waals surface area contributed by atoms with E-state index in [4.69, 9.17) is 0 Å². The summed E-state index contributed by atoms with van der Waals surface area (Å²) in [6.07, 6.45) is 0. The standard InChI is InChI=1S/C18H14.3C13H12.C7H8/c1-3-7-15(8-4-1)17-11-13-18(14-12-17)16-9-5-2-6-10-16;1-11-7-5-6-10-13(11)12-8-3-2-4-9-12;1-11-6-5-9-13(10-11)12-7-3-2-4-8-12;1-11-7-9-13(10-8-11)12-5-3-2-4-6-12;1-7-5-3-2-4-6-7/h1-14H;3*2-10H,1H3;2-6H,1H3. The molecule has 0 N–H and O–H groups in total. The molecule has 314 valence electrons. The van der Waals surface area contributed by atoms with E-state index in [1.807, 2.05) is 48.5 Å². The van der Waals surface area contributed by atoms with Crippen molar-refractivity contribution in [3.63, 3.8) is 0 Å². The fraction of sp³-hybridized carbons (Fsp3) is 0.0625. The van der Waals surface area contributed by atoms with E-state index in [-0.39, 0.29) is 0 Å². The van der Waals surface area contributed by atoms with Gasteiger partial charge in [-0.2, -0.15) is 0 Å². The molecule has 0 heteroatoms. The van der Waals surface area contributed by atoms with Crippen molar-refractivity contribution in [1.82, 2.24) is 0 Å². The summed E-state index contributed by atoms with van der Waals surface area (Å²) in [6.45, 7) is 8.45. The van der Waals surface area contributed by atoms with Gasteiger partial charge in [-0.15, -0.1) is 0 Å². The fourth-order valence-corrected chi connectivity index (χ4v) is 7.00. The predicted octanol–water partition coefficient (Wildman–Crippen LogP) is 18.0. The third kappa shape index (κ3) is 15.0. The minimum atomic E-state index is 1.26. The Morgan fingerprint density at radius 2 is 0.438 bits per heavy atom. The van der Waals surface area contributed by atoms with Crippen LogP contribution >= 0.6 is 0 Å². The van der Waals surface area contributed by atoms with Crippen LogP contribution in [0, 0.1) is 27.7 Å². The van der Waals surface area contributed by atoms with Crippen LogP contribution in [0.2, 0.25) is 0 Å². The molecule has 0 saturated carbocycles. The SMILES string of the molecule is Cc1ccc(-c2ccccc2)cc1.Cc1cccc(-c2ccccc2)c1.Cc1ccccc1.Cc1ccccc1-c1ccccc1.c1ccc(-c2ccc(-c3ccccc3)cc2)cc1. The molecule has 0 unspecified atom stereocenters. The van der Waals surface area contributed by atoms with Crippen molar-refractivity contribution in [3.8, 4) is 55.6 Å². The number of benzene rings is 10. The largest absolute Gasteiger partial charge is 0.0622 e. The maximum Gasteiger partial charge on any atom is -0.0155 e. The highest BCUT2D eigenvalue weighted by atomic mass is 14.1. The highest BCUT2D eigenvalue weighted by molar-refractivity contribution is 5.71. The Balaban J connectivity index is 0.000000136. The van der Waals surface area contributed by atoms with Crippen molar-refractivity contribution in [1.29, 1.82) is 0 Å². The summed E-state index contributed by atoms with van der Waals surface area (Å²) in [6, 6.07) is 96.8. The Morgan fingerprint density at radius 3 is 0.797 bits per heavy atom. The first-order valence-electron chi connectivity index (χ1n) is 22.0. The maximum atomic E-state index is 2.20. The van der Waals surface area contributed by atoms with Gasteiger partial charge in [-0.25, -0.2) is 0 Å². The minimum Gasteiger partial charge on any atom is -0.0622 e. The van der Waals surface area contributed by atoms with Gasteiger partial charge < -0.3 is 0 Å². The molecule has 0 aliphatic rings. The minimum absolute atomic E-state index is 1.26. The second kappa shape index (κ2) is 25.2. The van der Waals surface area contributed by atoms with E-state index in [1.54, 1.807) is 0 Å². The second-order valence-corrected chi connectivity index (χ2v) is 15.6. The molecule has 0 amide bonds. The van der Waals surface area contributed by atoms with E-state index in [0.717, 1.165) is 0 Å². The molecular weight excluding hydrogens is 769 g/mol. The highest BCUT2D eigenvalue weighted by Crippen LogP contribution is 2.25. The van der Waals surface area contributed by atoms with Gasteiger partial charge in [0.05, 0.1) is 0 Å². The third-order valence-corrected chi connectivity index (χ3v) is 10.6. The van der Waals surface area contributed by atoms with Gasteiger partial charge in [-0.1, -0.05) is 296 Å². The van der Waals surface area contributed by atoms with Crippen molar-refractivity contribution in [2.24, 2.45) is 0 Å². The average molecular weight is 827 g/mol. The zero-order chi connectivity index (χ0) is 44.6. The van der Waals surface area contributed by atoms with E-state index in [1.165, 1.54) is 77.9 Å². The molecule has 10 rings (SSSR count). The second-order valence-electron chi connectivity index (χ2n) is 15.6. The molecule has 0 radical (unpaired) electrons. The third-order valence-electron chi connectivity index (χ3n) is 10.6. The van der Waals surface area contributed by atoms with Crippen LogP contribution in [0.5, 0.6) is 0 Å². The highest BCUT2D eigenvalue weighted by Gasteiger charge is 2.00. The molecule has 0 heterocycles. The smallest absolute Gasteiger partial charge is 0.0155 e. The van der Waals surface area contributed by atoms with Crippen molar-refractivity contribution in [2.75, 3.05) is 0 Å². The Hall–Kier alpha value is -7.80. The molecule has 10 aromatic rings. The van der Waals surface area contributed by atoms with Gasteiger partial charge in [0.15, 0.2) is 0 Å². The maximum absolute atomic E-state index is 2.20. The van der Waals surface area contributed by atoms with E-state index < -0.39 is 0 Å². The van der Waals surface area contributed by atoms with Crippen LogP contribution < -0.4 is 0 Å². The van der Waals surface area contributed by atoms with Gasteiger partial charge in [-0.3, -0.25) is 0 Å². The predicted molar refractivity (Wildman–Crippen MR) is 278 cm³/mol. The Kier molecular flexibility index (Phi) is 18.0. The lowest BCUT2D eigenvalue weighted by Gasteiger charge is -2.04. The molecule has 64 heavy (non-hydrogen) atoms. The van der Waals surface area contributed by atoms with Crippen LogP contribution in [-0.4, -0.2) is 0 Å². The molecule has 0 aliphatic heterocycles. The average Bonchev–Trinajstić information content (AvgIpc) is 3.37. The number of rotatable bonds is 5. The van der Waals surface area contributed by atoms with Crippen LogP contribution in [0.1, 0.15) is 22.3 Å². The first kappa shape index (κ1) is 45.7. The van der Waals surface area contributed by atoms with Crippen molar-refractivity contribution in [2.45, 2.75) is 27.7 Å². The quantitative estimate of drug-likeness (QED) is 0.162. The van der Waals surface area contributed by atoms with Crippen LogP contribution in [0.4, 0.5) is 0 Å². The van der Waals surface area contributed by atoms with Gasteiger partial charge in [-0.05, 0) is 88.9 Å². The normalized spacial score (nSPS) is 9.88. The summed E-state index contributed by atoms with van der Waals surface area (Å²) in [4.78, 5) is 0. The Morgan fingerprint density at radius 1 is 0.172 bits per heavy atom. The summed E-state index contributed by atoms with van der Waals surface area (Å²) in [5, 5.41) is 0. The topological polar surface area (TPSA) is 0 Å². The van der Waals surface area contributed by atoms with Crippen LogP contribution in [0.3, 0.4) is 0 Å². The molecule has 0 spiro atoms. The lowest BCUT2D eigenvalue weighted by atomic mass is 10.0. The van der Waals surface area contributed by atoms with E-state index in [2.05, 4.69) is 258 Å². The fourth-order valence-electron chi connectivity index (χ4n) is 7.00. The lowest BCUT2D eigenvalue weighted by molar-refractivity contribution is 1.46. The molecule has 0 fully saturated rings. The molecule has 0 nitrogen and oxygen atoms in total. The number of aryl methyl sites for hydroxylation is 4. The summed E-state index contributed by atoms with van der Waals surface area (Å²) >= 11 is 0. The van der Waals surface area contributed by atoms with Gasteiger partial charge in [0.2, 0.25) is 0 Å². The monoisotopic (exact) mass is 826 g/mol. The van der Waals surface area contributed by atoms with Crippen LogP contribution in [-0.2, 0) is 0 Å². The van der Waals surface area contributed by atoms with Crippen LogP contribution in [0.15, 0.2) is 279 Å². The van der Waals surface area contributed by atoms with E-state index in [0.29, 0.717) is 0 Å². The van der Waals surface area contributed by atoms with E-state index >= 15 is 0 Å². The van der Waals surface area contributed by atoms with E-state index in [9.17, 15) is 0 Å². The molecule has 10 aromatic carbocycles. The van der Waals surface area contributed by atoms with Crippen molar-refractivity contribution in [3.05, 3.63) is 301 Å². The van der Waals surface area contributed by atoms with Gasteiger partial charge >= 0.3 is 0 Å². The molecule has 0 bridgehead atoms. The molecule has 0 atom stereocenters. The summed E-state index contributed by atoms with van der Waals surface area (Å²) in [7, 11) is 0. The lowest BCUT2D eigenvalue weighted by Crippen LogP contribution is -1.80. The summed E-state index contributed by atoms with van der Waals surface area (Å²) in [5.74, 6) is 0. The van der Waals surface area contributed by atoms with Crippen molar-refractivity contribution >= 4 is 0 Å². The molecule has 0 saturated heterocycles.